The van der Waals surface area contributed by atoms with E-state index in [1.807, 2.05) is 6.92 Å². The zero-order chi connectivity index (χ0) is 80.5. The number of unbranched alkanes of at least 4 members (excludes halogenated alkanes) is 3. The fourth-order valence-electron chi connectivity index (χ4n) is 12.6. The molecule has 3 saturated heterocycles. The number of carboxylic acids is 1. The molecule has 11 atom stereocenters. The number of aliphatic imine (C=N–C) groups is 2. The monoisotopic (exact) mass is 1590 g/mol. The van der Waals surface area contributed by atoms with Crippen LogP contribution in [0.25, 0.3) is 0 Å². The van der Waals surface area contributed by atoms with Crippen LogP contribution in [0.15, 0.2) is 51.2 Å². The summed E-state index contributed by atoms with van der Waals surface area (Å²) in [5.74, 6) is -11.7. The number of aromatic nitrogens is 2. The smallest absolute Gasteiger partial charge is 0.326 e. The Kier molecular flexibility index (Phi) is 37.0. The van der Waals surface area contributed by atoms with Gasteiger partial charge in [0.25, 0.3) is 0 Å². The van der Waals surface area contributed by atoms with Crippen molar-refractivity contribution in [1.82, 2.24) is 78.3 Å². The molecule has 13 amide bonds. The van der Waals surface area contributed by atoms with E-state index in [9.17, 15) is 77.3 Å². The predicted octanol–water partition coefficient (Wildman–Crippen LogP) is -3.95. The number of nitrogens with two attached hydrogens (primary N) is 5. The summed E-state index contributed by atoms with van der Waals surface area (Å²) < 4.78 is 0.776. The molecule has 2 aromatic rings. The minimum atomic E-state index is -1.77. The van der Waals surface area contributed by atoms with E-state index >= 15 is 0 Å². The van der Waals surface area contributed by atoms with Crippen molar-refractivity contribution in [3.05, 3.63) is 52.5 Å². The van der Waals surface area contributed by atoms with E-state index in [2.05, 4.69) is 94.4 Å². The van der Waals surface area contributed by atoms with E-state index in [0.717, 1.165) is 4.47 Å². The number of rotatable bonds is 46. The minimum Gasteiger partial charge on any atom is -0.480 e. The number of carbonyl (C=O) groups is 14. The van der Waals surface area contributed by atoms with E-state index in [0.29, 0.717) is 56.2 Å². The summed E-state index contributed by atoms with van der Waals surface area (Å²) in [6.07, 6.45) is 6.61. The van der Waals surface area contributed by atoms with Gasteiger partial charge < -0.3 is 112 Å². The lowest BCUT2D eigenvalue weighted by molar-refractivity contribution is -0.143. The highest BCUT2D eigenvalue weighted by Gasteiger charge is 2.43. The van der Waals surface area contributed by atoms with Crippen LogP contribution in [0.3, 0.4) is 0 Å². The topological polar surface area (TPSA) is 602 Å². The molecule has 1 aromatic heterocycles. The van der Waals surface area contributed by atoms with Gasteiger partial charge in [0.1, 0.15) is 72.0 Å². The highest BCUT2D eigenvalue weighted by molar-refractivity contribution is 9.10. The average molecular weight is 1600 g/mol. The molecule has 0 radical (unpaired) electrons. The second kappa shape index (κ2) is 45.1. The molecule has 38 nitrogen and oxygen atoms in total. The summed E-state index contributed by atoms with van der Waals surface area (Å²) in [6.45, 7) is 7.20. The van der Waals surface area contributed by atoms with Crippen molar-refractivity contribution in [3.63, 3.8) is 0 Å². The molecule has 39 heteroatoms. The summed E-state index contributed by atoms with van der Waals surface area (Å²) in [5.41, 5.74) is 27.2. The summed E-state index contributed by atoms with van der Waals surface area (Å²) in [6, 6.07) is -7.30. The molecule has 4 heterocycles. The third-order valence-electron chi connectivity index (χ3n) is 18.6. The maximum absolute atomic E-state index is 14.6. The molecule has 5 rings (SSSR count). The van der Waals surface area contributed by atoms with Crippen molar-refractivity contribution in [3.8, 4) is 0 Å². The molecule has 604 valence electrons. The molecule has 3 aliphatic rings. The SMILES string of the molecule is CCCC[C@H](NC(=O)[C@@H]1CCCN1C(=O)CNC(=O)[C@H](CCCCN)NC(=O)[C@H](Cc1cnc[nH]1)NC(=O)[C@H](CO)NC(=O)[C@H](CC(C)C)NC(=O)[C@H](CCCCN=C(N)N)NC(=O)[C@@H]1CCCN1C(=O)[C@H](CCCN=C(N)N)NC(=O)[C@@H]1CCC(=O)N1)C(=O)NC(C)(C)C(=O)N[C@@H](Cc1ccc(Br)cc1)C(=O)O. The van der Waals surface area contributed by atoms with Crippen LogP contribution in [-0.2, 0) is 80.0 Å². The summed E-state index contributed by atoms with van der Waals surface area (Å²) in [4.78, 5) is 211. The number of likely N-dealkylation sites (tertiary alicyclic amines) is 2. The van der Waals surface area contributed by atoms with Gasteiger partial charge in [-0.25, -0.2) is 9.78 Å². The van der Waals surface area contributed by atoms with Crippen molar-refractivity contribution in [2.24, 2.45) is 44.6 Å². The molecule has 0 spiro atoms. The Balaban J connectivity index is 1.26. The summed E-state index contributed by atoms with van der Waals surface area (Å²) in [7, 11) is 0. The highest BCUT2D eigenvalue weighted by Crippen LogP contribution is 2.23. The number of hydrogen-bond acceptors (Lipinski definition) is 19. The van der Waals surface area contributed by atoms with Crippen LogP contribution in [-0.4, -0.2) is 243 Å². The van der Waals surface area contributed by atoms with Crippen LogP contribution in [0.5, 0.6) is 0 Å². The molecular weight excluding hydrogens is 1480 g/mol. The lowest BCUT2D eigenvalue weighted by Crippen LogP contribution is -2.62. The number of aliphatic hydroxyl groups excluding tert-OH is 1. The van der Waals surface area contributed by atoms with Gasteiger partial charge in [-0.1, -0.05) is 61.7 Å². The van der Waals surface area contributed by atoms with Crippen LogP contribution in [0, 0.1) is 5.92 Å². The average Bonchev–Trinajstić information content (AvgIpc) is 1.63. The second-order valence-corrected chi connectivity index (χ2v) is 29.2. The first kappa shape index (κ1) is 89.6. The van der Waals surface area contributed by atoms with Crippen molar-refractivity contribution in [2.75, 3.05) is 45.9 Å². The molecule has 0 unspecified atom stereocenters. The number of benzene rings is 1. The Hall–Kier alpha value is -10.1. The van der Waals surface area contributed by atoms with Gasteiger partial charge >= 0.3 is 5.97 Å². The van der Waals surface area contributed by atoms with E-state index in [4.69, 9.17) is 28.7 Å². The van der Waals surface area contributed by atoms with E-state index < -0.39 is 162 Å². The number of carboxylic acid groups (broad SMARTS) is 1. The molecule has 24 N–H and O–H groups in total. The lowest BCUT2D eigenvalue weighted by atomic mass is 10.00. The zero-order valence-electron chi connectivity index (χ0n) is 62.6. The van der Waals surface area contributed by atoms with Crippen LogP contribution in [0.2, 0.25) is 0 Å². The van der Waals surface area contributed by atoms with Gasteiger partial charge in [0, 0.05) is 61.8 Å². The highest BCUT2D eigenvalue weighted by atomic mass is 79.9. The summed E-state index contributed by atoms with van der Waals surface area (Å²) in [5, 5.41) is 49.6. The number of imidazole rings is 1. The Morgan fingerprint density at radius 2 is 1.16 bits per heavy atom. The summed E-state index contributed by atoms with van der Waals surface area (Å²) >= 11 is 3.34. The number of aliphatic hydroxyl groups is 1. The van der Waals surface area contributed by atoms with Gasteiger partial charge in [0.15, 0.2) is 11.9 Å². The van der Waals surface area contributed by atoms with Gasteiger partial charge in [-0.3, -0.25) is 72.3 Å². The normalized spacial score (nSPS) is 17.6. The standard InChI is InChI=1S/C70H111BrN22O16/c1-6-7-15-45(62(103)91-70(4,5)67(109)90-50(66(107)108)33-40-21-23-41(71)24-22-40)85-63(104)52-19-13-30-92(52)55(96)36-80-56(97)43(16-8-10-27-72)83-60(101)49(34-42-35-77-38-81-42)88-61(102)51(37-94)89-59(100)48(32-39(2)3)87-57(98)44(17-9-11-28-78-68(73)74)84-64(105)53-20-14-31-93(53)65(106)47(18-12-29-79-69(75)76)86-58(99)46-25-26-54(95)82-46/h21-24,35,38-39,43-53,94H,6-20,25-34,36-37,72H2,1-5H3,(H,77,81)(H,80,97)(H,82,95)(H,83,101)(H,84,105)(H,85,104)(H,86,99)(H,87,98)(H,88,102)(H,89,100)(H,90,109)(H,91,103)(H,107,108)(H4,73,74,78)(H4,75,76,79)/t43-,44-,45-,46-,47-,48-,49-,50-,51-,52-,53-/m0/s1. The van der Waals surface area contributed by atoms with Crippen LogP contribution in [0.1, 0.15) is 161 Å². The van der Waals surface area contributed by atoms with Crippen molar-refractivity contribution < 1.29 is 77.3 Å². The van der Waals surface area contributed by atoms with Crippen LogP contribution >= 0.6 is 15.9 Å². The quantitative estimate of drug-likeness (QED) is 0.0171. The molecule has 1 aromatic carbocycles. The minimum absolute atomic E-state index is 0.0111. The first-order valence-corrected chi connectivity index (χ1v) is 37.8. The number of carbonyl (C=O) groups excluding carboxylic acids is 13. The Morgan fingerprint density at radius 3 is 1.73 bits per heavy atom. The fraction of sp³-hybridized carbons (Fsp3) is 0.643. The maximum atomic E-state index is 14.6. The Labute approximate surface area is 641 Å². The number of halogens is 1. The number of hydrogen-bond donors (Lipinski definition) is 19. The van der Waals surface area contributed by atoms with Crippen molar-refractivity contribution >= 4 is 111 Å². The molecule has 0 saturated carbocycles. The third-order valence-corrected chi connectivity index (χ3v) is 19.1. The molecular formula is C70H111BrN22O16. The molecule has 109 heavy (non-hydrogen) atoms. The number of aliphatic carboxylic acids is 1. The van der Waals surface area contributed by atoms with E-state index in [1.54, 1.807) is 38.1 Å². The van der Waals surface area contributed by atoms with Gasteiger partial charge in [0.05, 0.1) is 19.5 Å². The molecule has 0 aliphatic carbocycles. The van der Waals surface area contributed by atoms with Crippen LogP contribution in [0.4, 0.5) is 0 Å². The lowest BCUT2D eigenvalue weighted by Gasteiger charge is -2.31. The number of amides is 13. The van der Waals surface area contributed by atoms with Gasteiger partial charge in [-0.05, 0) is 140 Å². The van der Waals surface area contributed by atoms with E-state index in [1.165, 1.54) is 36.2 Å². The largest absolute Gasteiger partial charge is 0.480 e. The number of guanidine groups is 2. The van der Waals surface area contributed by atoms with E-state index in [-0.39, 0.29) is 140 Å². The number of H-pyrrole nitrogens is 1. The predicted molar refractivity (Wildman–Crippen MR) is 402 cm³/mol. The first-order valence-electron chi connectivity index (χ1n) is 37.0. The molecule has 3 fully saturated rings. The first-order chi connectivity index (χ1) is 51.7. The Morgan fingerprint density at radius 1 is 0.624 bits per heavy atom. The van der Waals surface area contributed by atoms with Gasteiger partial charge in [0.2, 0.25) is 76.8 Å². The van der Waals surface area contributed by atoms with Gasteiger partial charge in [-0.15, -0.1) is 0 Å². The molecule has 3 aliphatic heterocycles. The van der Waals surface area contributed by atoms with Crippen LogP contribution < -0.4 is 87.2 Å². The van der Waals surface area contributed by atoms with Gasteiger partial charge in [-0.2, -0.15) is 0 Å². The van der Waals surface area contributed by atoms with Crippen molar-refractivity contribution in [2.45, 2.75) is 235 Å². The number of nitrogens with zero attached hydrogens (tertiary/aromatic N) is 5. The zero-order valence-corrected chi connectivity index (χ0v) is 64.2. The maximum Gasteiger partial charge on any atom is 0.326 e. The molecule has 0 bridgehead atoms. The number of aromatic amines is 1. The Bertz CT molecular complexity index is 3500. The third kappa shape index (κ3) is 29.8. The second-order valence-electron chi connectivity index (χ2n) is 28.3. The fourth-order valence-corrected chi connectivity index (χ4v) is 12.9. The number of nitrogens with one attached hydrogen (secondary N) is 12. The van der Waals surface area contributed by atoms with Crippen molar-refractivity contribution in [1.29, 1.82) is 0 Å².